The molecule has 1 aromatic heterocycles. The van der Waals surface area contributed by atoms with E-state index < -0.39 is 0 Å². The molecule has 1 unspecified atom stereocenters. The molecule has 0 aliphatic rings. The highest BCUT2D eigenvalue weighted by molar-refractivity contribution is 6.35. The van der Waals surface area contributed by atoms with Crippen molar-refractivity contribution in [3.8, 4) is 0 Å². The van der Waals surface area contributed by atoms with Gasteiger partial charge in [0.2, 0.25) is 0 Å². The van der Waals surface area contributed by atoms with Crippen molar-refractivity contribution in [3.05, 3.63) is 51.8 Å². The van der Waals surface area contributed by atoms with Crippen molar-refractivity contribution in [3.63, 3.8) is 0 Å². The van der Waals surface area contributed by atoms with Gasteiger partial charge in [0.05, 0.1) is 12.7 Å². The maximum atomic E-state index is 6.13. The van der Waals surface area contributed by atoms with Crippen molar-refractivity contribution in [2.24, 2.45) is 5.73 Å². The zero-order valence-electron chi connectivity index (χ0n) is 10.1. The molecule has 0 aliphatic heterocycles. The Morgan fingerprint density at radius 2 is 2.00 bits per heavy atom. The van der Waals surface area contributed by atoms with Crippen LogP contribution < -0.4 is 5.73 Å². The quantitative estimate of drug-likeness (QED) is 0.931. The van der Waals surface area contributed by atoms with E-state index in [2.05, 4.69) is 5.10 Å². The number of rotatable bonds is 4. The van der Waals surface area contributed by atoms with Gasteiger partial charge in [-0.3, -0.25) is 4.68 Å². The molecule has 0 radical (unpaired) electrons. The lowest BCUT2D eigenvalue weighted by molar-refractivity contribution is 0.675. The molecular weight excluding hydrogens is 269 g/mol. The lowest BCUT2D eigenvalue weighted by atomic mass is 10.1. The molecule has 18 heavy (non-hydrogen) atoms. The standard InChI is InChI=1S/C13H15Cl2N3/c1-2-13(16)9-6-17-18(7-9)8-10-11(14)4-3-5-12(10)15/h3-7,13H,2,8,16H2,1H3. The fraction of sp³-hybridized carbons (Fsp3) is 0.308. The van der Waals surface area contributed by atoms with Crippen molar-refractivity contribution < 1.29 is 0 Å². The number of benzene rings is 1. The molecule has 2 aromatic rings. The number of hydrogen-bond acceptors (Lipinski definition) is 2. The molecule has 96 valence electrons. The Morgan fingerprint density at radius 3 is 2.61 bits per heavy atom. The monoisotopic (exact) mass is 283 g/mol. The topological polar surface area (TPSA) is 43.8 Å². The van der Waals surface area contributed by atoms with Crippen LogP contribution in [-0.2, 0) is 6.54 Å². The van der Waals surface area contributed by atoms with Gasteiger partial charge >= 0.3 is 0 Å². The van der Waals surface area contributed by atoms with Crippen LogP contribution in [0.25, 0.3) is 0 Å². The van der Waals surface area contributed by atoms with Crippen LogP contribution in [0.2, 0.25) is 10.0 Å². The summed E-state index contributed by atoms with van der Waals surface area (Å²) in [5.41, 5.74) is 7.86. The molecule has 0 amide bonds. The summed E-state index contributed by atoms with van der Waals surface area (Å²) in [4.78, 5) is 0. The average molecular weight is 284 g/mol. The highest BCUT2D eigenvalue weighted by Gasteiger charge is 2.09. The van der Waals surface area contributed by atoms with E-state index in [1.54, 1.807) is 10.9 Å². The molecule has 0 aliphatic carbocycles. The Kier molecular flexibility index (Phi) is 4.27. The Morgan fingerprint density at radius 1 is 1.33 bits per heavy atom. The van der Waals surface area contributed by atoms with E-state index in [1.807, 2.05) is 31.3 Å². The van der Waals surface area contributed by atoms with Crippen molar-refractivity contribution in [1.82, 2.24) is 9.78 Å². The first-order chi connectivity index (χ1) is 8.61. The van der Waals surface area contributed by atoms with Gasteiger partial charge in [0.25, 0.3) is 0 Å². The van der Waals surface area contributed by atoms with Gasteiger partial charge in [-0.15, -0.1) is 0 Å². The van der Waals surface area contributed by atoms with Gasteiger partial charge in [0.15, 0.2) is 0 Å². The van der Waals surface area contributed by atoms with Gasteiger partial charge < -0.3 is 5.73 Å². The summed E-state index contributed by atoms with van der Waals surface area (Å²) in [6.45, 7) is 2.60. The summed E-state index contributed by atoms with van der Waals surface area (Å²) in [5.74, 6) is 0. The summed E-state index contributed by atoms with van der Waals surface area (Å²) in [6.07, 6.45) is 4.62. The molecule has 0 spiro atoms. The molecule has 3 nitrogen and oxygen atoms in total. The van der Waals surface area contributed by atoms with Crippen molar-refractivity contribution in [2.45, 2.75) is 25.9 Å². The van der Waals surface area contributed by atoms with Crippen LogP contribution in [0.5, 0.6) is 0 Å². The molecule has 0 saturated heterocycles. The third kappa shape index (κ3) is 2.86. The van der Waals surface area contributed by atoms with Gasteiger partial charge in [-0.25, -0.2) is 0 Å². The third-order valence-corrected chi connectivity index (χ3v) is 3.61. The largest absolute Gasteiger partial charge is 0.324 e. The van der Waals surface area contributed by atoms with Gasteiger partial charge in [0.1, 0.15) is 0 Å². The van der Waals surface area contributed by atoms with Crippen LogP contribution >= 0.6 is 23.2 Å². The smallest absolute Gasteiger partial charge is 0.0688 e. The van der Waals surface area contributed by atoms with Gasteiger partial charge in [-0.1, -0.05) is 36.2 Å². The lowest BCUT2D eigenvalue weighted by Gasteiger charge is -2.07. The molecule has 2 rings (SSSR count). The van der Waals surface area contributed by atoms with Crippen LogP contribution in [0.4, 0.5) is 0 Å². The molecule has 0 saturated carbocycles. The highest BCUT2D eigenvalue weighted by Crippen LogP contribution is 2.25. The molecule has 0 fully saturated rings. The highest BCUT2D eigenvalue weighted by atomic mass is 35.5. The SMILES string of the molecule is CCC(N)c1cnn(Cc2c(Cl)cccc2Cl)c1. The Hall–Kier alpha value is -1.03. The number of nitrogens with zero attached hydrogens (tertiary/aromatic N) is 2. The number of nitrogens with two attached hydrogens (primary N) is 1. The minimum absolute atomic E-state index is 0.0282. The second-order valence-corrected chi connectivity index (χ2v) is 5.00. The van der Waals surface area contributed by atoms with E-state index in [4.69, 9.17) is 28.9 Å². The van der Waals surface area contributed by atoms with E-state index in [-0.39, 0.29) is 6.04 Å². The first kappa shape index (κ1) is 13.4. The fourth-order valence-corrected chi connectivity index (χ4v) is 2.26. The van der Waals surface area contributed by atoms with Crippen molar-refractivity contribution >= 4 is 23.2 Å². The first-order valence-electron chi connectivity index (χ1n) is 5.82. The van der Waals surface area contributed by atoms with Crippen LogP contribution in [0.15, 0.2) is 30.6 Å². The van der Waals surface area contributed by atoms with Crippen molar-refractivity contribution in [1.29, 1.82) is 0 Å². The zero-order valence-corrected chi connectivity index (χ0v) is 11.6. The van der Waals surface area contributed by atoms with Crippen LogP contribution in [0.3, 0.4) is 0 Å². The van der Waals surface area contributed by atoms with Crippen LogP contribution in [-0.4, -0.2) is 9.78 Å². The van der Waals surface area contributed by atoms with E-state index in [0.717, 1.165) is 17.5 Å². The van der Waals surface area contributed by atoms with Crippen molar-refractivity contribution in [2.75, 3.05) is 0 Å². The molecule has 0 bridgehead atoms. The third-order valence-electron chi connectivity index (χ3n) is 2.90. The number of halogens is 2. The Labute approximate surface area is 117 Å². The van der Waals surface area contributed by atoms with E-state index in [1.165, 1.54) is 0 Å². The summed E-state index contributed by atoms with van der Waals surface area (Å²) in [5, 5.41) is 5.59. The lowest BCUT2D eigenvalue weighted by Crippen LogP contribution is -2.07. The maximum Gasteiger partial charge on any atom is 0.0688 e. The molecule has 1 aromatic carbocycles. The average Bonchev–Trinajstić information content (AvgIpc) is 2.81. The van der Waals surface area contributed by atoms with E-state index >= 15 is 0 Å². The number of hydrogen-bond donors (Lipinski definition) is 1. The normalized spacial score (nSPS) is 12.7. The summed E-state index contributed by atoms with van der Waals surface area (Å²) >= 11 is 12.3. The molecular formula is C13H15Cl2N3. The number of aromatic nitrogens is 2. The van der Waals surface area contributed by atoms with Crippen LogP contribution in [0.1, 0.15) is 30.5 Å². The predicted octanol–water partition coefficient (Wildman–Crippen LogP) is 3.65. The molecule has 1 heterocycles. The van der Waals surface area contributed by atoms with E-state index in [9.17, 15) is 0 Å². The molecule has 5 heteroatoms. The zero-order chi connectivity index (χ0) is 13.1. The maximum absolute atomic E-state index is 6.13. The fourth-order valence-electron chi connectivity index (χ4n) is 1.74. The van der Waals surface area contributed by atoms with E-state index in [0.29, 0.717) is 16.6 Å². The van der Waals surface area contributed by atoms with Gasteiger partial charge in [-0.2, -0.15) is 5.10 Å². The summed E-state index contributed by atoms with van der Waals surface area (Å²) in [7, 11) is 0. The summed E-state index contributed by atoms with van der Waals surface area (Å²) in [6, 6.07) is 5.51. The molecule has 2 N–H and O–H groups in total. The Bertz CT molecular complexity index is 517. The second kappa shape index (κ2) is 5.74. The Balaban J connectivity index is 2.21. The predicted molar refractivity (Wildman–Crippen MR) is 75.0 cm³/mol. The summed E-state index contributed by atoms with van der Waals surface area (Å²) < 4.78 is 1.80. The van der Waals surface area contributed by atoms with Gasteiger partial charge in [0, 0.05) is 33.4 Å². The molecule has 1 atom stereocenters. The first-order valence-corrected chi connectivity index (χ1v) is 6.58. The van der Waals surface area contributed by atoms with Gasteiger partial charge in [-0.05, 0) is 18.6 Å². The second-order valence-electron chi connectivity index (χ2n) is 4.19. The van der Waals surface area contributed by atoms with Crippen LogP contribution in [0, 0.1) is 0 Å². The minimum atomic E-state index is 0.0282. The minimum Gasteiger partial charge on any atom is -0.324 e.